The fourth-order valence-corrected chi connectivity index (χ4v) is 2.56. The number of pyridine rings is 1. The van der Waals surface area contributed by atoms with E-state index in [-0.39, 0.29) is 17.8 Å². The van der Waals surface area contributed by atoms with Gasteiger partial charge in [-0.3, -0.25) is 9.59 Å². The minimum Gasteiger partial charge on any atom is -0.481 e. The van der Waals surface area contributed by atoms with Gasteiger partial charge in [-0.25, -0.2) is 4.98 Å². The van der Waals surface area contributed by atoms with Crippen molar-refractivity contribution in [1.82, 2.24) is 9.88 Å². The van der Waals surface area contributed by atoms with Crippen molar-refractivity contribution in [2.75, 3.05) is 13.7 Å². The van der Waals surface area contributed by atoms with Gasteiger partial charge in [0.05, 0.1) is 13.0 Å². The van der Waals surface area contributed by atoms with Crippen LogP contribution in [-0.4, -0.2) is 46.6 Å². The van der Waals surface area contributed by atoms with Crippen LogP contribution in [0, 0.1) is 12.8 Å². The summed E-state index contributed by atoms with van der Waals surface area (Å²) in [4.78, 5) is 29.4. The molecule has 20 heavy (non-hydrogen) atoms. The molecule has 0 aliphatic carbocycles. The summed E-state index contributed by atoms with van der Waals surface area (Å²) < 4.78 is 5.14. The SMILES string of the molecule is COc1nc(C)ccc1C(=O)N1CCC(C(=O)O)C1C. The average Bonchev–Trinajstić information content (AvgIpc) is 2.79. The number of carboxylic acid groups (broad SMARTS) is 1. The van der Waals surface area contributed by atoms with E-state index >= 15 is 0 Å². The molecule has 1 aliphatic rings. The third-order valence-electron chi connectivity index (χ3n) is 3.76. The summed E-state index contributed by atoms with van der Waals surface area (Å²) in [7, 11) is 1.46. The van der Waals surface area contributed by atoms with Gasteiger partial charge in [-0.1, -0.05) is 0 Å². The van der Waals surface area contributed by atoms with E-state index in [4.69, 9.17) is 9.84 Å². The number of carbonyl (C=O) groups excluding carboxylic acids is 1. The molecule has 1 aromatic heterocycles. The number of aryl methyl sites for hydroxylation is 1. The molecular formula is C14H18N2O4. The predicted octanol–water partition coefficient (Wildman–Crippen LogP) is 1.33. The summed E-state index contributed by atoms with van der Waals surface area (Å²) in [6, 6.07) is 3.08. The zero-order chi connectivity index (χ0) is 14.9. The molecule has 0 spiro atoms. The third kappa shape index (κ3) is 2.45. The minimum atomic E-state index is -0.859. The summed E-state index contributed by atoms with van der Waals surface area (Å²) in [6.45, 7) is 4.02. The van der Waals surface area contributed by atoms with Crippen LogP contribution in [-0.2, 0) is 4.79 Å². The largest absolute Gasteiger partial charge is 0.481 e. The fraction of sp³-hybridized carbons (Fsp3) is 0.500. The maximum Gasteiger partial charge on any atom is 0.308 e. The molecule has 2 atom stereocenters. The summed E-state index contributed by atoms with van der Waals surface area (Å²) in [5.74, 6) is -1.32. The van der Waals surface area contributed by atoms with E-state index in [9.17, 15) is 9.59 Å². The average molecular weight is 278 g/mol. The van der Waals surface area contributed by atoms with Gasteiger partial charge < -0.3 is 14.7 Å². The zero-order valence-corrected chi connectivity index (χ0v) is 11.8. The van der Waals surface area contributed by atoms with Crippen molar-refractivity contribution >= 4 is 11.9 Å². The van der Waals surface area contributed by atoms with Crippen LogP contribution in [0.15, 0.2) is 12.1 Å². The van der Waals surface area contributed by atoms with Crippen LogP contribution in [0.3, 0.4) is 0 Å². The topological polar surface area (TPSA) is 79.7 Å². The molecule has 0 radical (unpaired) electrons. The zero-order valence-electron chi connectivity index (χ0n) is 11.8. The van der Waals surface area contributed by atoms with Crippen molar-refractivity contribution in [2.45, 2.75) is 26.3 Å². The van der Waals surface area contributed by atoms with Crippen LogP contribution < -0.4 is 4.74 Å². The highest BCUT2D eigenvalue weighted by molar-refractivity contribution is 5.97. The van der Waals surface area contributed by atoms with Gasteiger partial charge in [0.25, 0.3) is 5.91 Å². The van der Waals surface area contributed by atoms with E-state index in [1.54, 1.807) is 24.0 Å². The Morgan fingerprint density at radius 2 is 2.15 bits per heavy atom. The second kappa shape index (κ2) is 5.48. The number of likely N-dealkylation sites (tertiary alicyclic amines) is 1. The van der Waals surface area contributed by atoms with E-state index in [0.717, 1.165) is 5.69 Å². The van der Waals surface area contributed by atoms with E-state index < -0.39 is 11.9 Å². The monoisotopic (exact) mass is 278 g/mol. The summed E-state index contributed by atoms with van der Waals surface area (Å²) in [6.07, 6.45) is 0.476. The summed E-state index contributed by atoms with van der Waals surface area (Å²) in [5, 5.41) is 9.12. The first kappa shape index (κ1) is 14.3. The lowest BCUT2D eigenvalue weighted by Crippen LogP contribution is -2.37. The van der Waals surface area contributed by atoms with E-state index in [1.165, 1.54) is 7.11 Å². The second-order valence-corrected chi connectivity index (χ2v) is 4.98. The van der Waals surface area contributed by atoms with Gasteiger partial charge in [0.1, 0.15) is 5.56 Å². The Morgan fingerprint density at radius 3 is 2.70 bits per heavy atom. The number of amides is 1. The van der Waals surface area contributed by atoms with E-state index in [2.05, 4.69) is 4.98 Å². The Hall–Kier alpha value is -2.11. The Morgan fingerprint density at radius 1 is 1.45 bits per heavy atom. The molecular weight excluding hydrogens is 260 g/mol. The van der Waals surface area contributed by atoms with Crippen LogP contribution in [0.25, 0.3) is 0 Å². The molecule has 0 aromatic carbocycles. The number of hydrogen-bond donors (Lipinski definition) is 1. The van der Waals surface area contributed by atoms with Crippen LogP contribution in [0.2, 0.25) is 0 Å². The lowest BCUT2D eigenvalue weighted by Gasteiger charge is -2.23. The lowest BCUT2D eigenvalue weighted by molar-refractivity contribution is -0.142. The number of hydrogen-bond acceptors (Lipinski definition) is 4. The second-order valence-electron chi connectivity index (χ2n) is 4.98. The molecule has 0 saturated carbocycles. The number of methoxy groups -OCH3 is 1. The molecule has 2 heterocycles. The van der Waals surface area contributed by atoms with Gasteiger partial charge in [0.15, 0.2) is 0 Å². The first-order valence-electron chi connectivity index (χ1n) is 6.51. The maximum atomic E-state index is 12.5. The smallest absolute Gasteiger partial charge is 0.308 e. The molecule has 1 saturated heterocycles. The van der Waals surface area contributed by atoms with Crippen LogP contribution in [0.5, 0.6) is 5.88 Å². The first-order valence-corrected chi connectivity index (χ1v) is 6.51. The number of rotatable bonds is 3. The Labute approximate surface area is 117 Å². The van der Waals surface area contributed by atoms with Gasteiger partial charge in [-0.05, 0) is 32.4 Å². The number of nitrogens with zero attached hydrogens (tertiary/aromatic N) is 2. The number of carboxylic acids is 1. The first-order chi connectivity index (χ1) is 9.45. The molecule has 1 aliphatic heterocycles. The van der Waals surface area contributed by atoms with Crippen molar-refractivity contribution in [3.8, 4) is 5.88 Å². The van der Waals surface area contributed by atoms with Crippen molar-refractivity contribution in [2.24, 2.45) is 5.92 Å². The summed E-state index contributed by atoms with van der Waals surface area (Å²) >= 11 is 0. The number of aliphatic carboxylic acids is 1. The molecule has 6 heteroatoms. The normalized spacial score (nSPS) is 21.9. The minimum absolute atomic E-state index is 0.231. The molecule has 1 fully saturated rings. The molecule has 2 rings (SSSR count). The quantitative estimate of drug-likeness (QED) is 0.902. The van der Waals surface area contributed by atoms with Crippen molar-refractivity contribution in [1.29, 1.82) is 0 Å². The highest BCUT2D eigenvalue weighted by Crippen LogP contribution is 2.28. The number of ether oxygens (including phenoxy) is 1. The van der Waals surface area contributed by atoms with E-state index in [1.807, 2.05) is 6.92 Å². The van der Waals surface area contributed by atoms with Crippen molar-refractivity contribution in [3.63, 3.8) is 0 Å². The van der Waals surface area contributed by atoms with Crippen LogP contribution in [0.4, 0.5) is 0 Å². The fourth-order valence-electron chi connectivity index (χ4n) is 2.56. The number of aromatic nitrogens is 1. The number of carbonyl (C=O) groups is 2. The predicted molar refractivity (Wildman–Crippen MR) is 71.8 cm³/mol. The highest BCUT2D eigenvalue weighted by atomic mass is 16.5. The standard InChI is InChI=1S/C14H18N2O4/c1-8-4-5-11(12(15-8)20-3)13(17)16-7-6-10(9(16)2)14(18)19/h4-5,9-10H,6-7H2,1-3H3,(H,18,19). The summed E-state index contributed by atoms with van der Waals surface area (Å²) in [5.41, 5.74) is 1.13. The van der Waals surface area contributed by atoms with Crippen molar-refractivity contribution < 1.29 is 19.4 Å². The Balaban J connectivity index is 2.27. The Bertz CT molecular complexity index is 544. The van der Waals surface area contributed by atoms with Gasteiger partial charge in [-0.2, -0.15) is 0 Å². The third-order valence-corrected chi connectivity index (χ3v) is 3.76. The molecule has 0 bridgehead atoms. The molecule has 6 nitrogen and oxygen atoms in total. The molecule has 1 amide bonds. The lowest BCUT2D eigenvalue weighted by atomic mass is 10.0. The van der Waals surface area contributed by atoms with Gasteiger partial charge in [0.2, 0.25) is 5.88 Å². The van der Waals surface area contributed by atoms with Crippen molar-refractivity contribution in [3.05, 3.63) is 23.4 Å². The van der Waals surface area contributed by atoms with Gasteiger partial charge in [0, 0.05) is 18.3 Å². The molecule has 108 valence electrons. The van der Waals surface area contributed by atoms with Crippen LogP contribution in [0.1, 0.15) is 29.4 Å². The van der Waals surface area contributed by atoms with E-state index in [0.29, 0.717) is 18.5 Å². The van der Waals surface area contributed by atoms with Gasteiger partial charge in [-0.15, -0.1) is 0 Å². The van der Waals surface area contributed by atoms with Crippen LogP contribution >= 0.6 is 0 Å². The maximum absolute atomic E-state index is 12.5. The molecule has 1 N–H and O–H groups in total. The Kier molecular flexibility index (Phi) is 3.92. The van der Waals surface area contributed by atoms with Gasteiger partial charge >= 0.3 is 5.97 Å². The molecule has 2 unspecified atom stereocenters. The molecule has 1 aromatic rings. The highest BCUT2D eigenvalue weighted by Gasteiger charge is 2.39.